The number of carbonyl (C=O) groups excluding carboxylic acids is 1. The Kier molecular flexibility index (Phi) is 4.26. The van der Waals surface area contributed by atoms with Crippen molar-refractivity contribution in [1.29, 1.82) is 5.26 Å². The van der Waals surface area contributed by atoms with Crippen molar-refractivity contribution in [1.82, 2.24) is 24.6 Å². The Morgan fingerprint density at radius 2 is 2.03 bits per heavy atom. The van der Waals surface area contributed by atoms with Crippen LogP contribution in [0.15, 0.2) is 30.5 Å². The third kappa shape index (κ3) is 2.87. The maximum atomic E-state index is 13.5. The fraction of sp³-hybridized carbons (Fsp3) is 0.292. The standard InChI is InChI=1S/C24H22N6O/c1-13-5-6-16-17(9-13)14(2)15-7-8-18-23(15)27-19(11-26-18)22-20(12-29(3)24(16)31)28-30(4)21(22)10-25/h5-7,9,11,14H,8,12H2,1-4H3/t14-/m0/s1. The number of hydrogen-bond donors (Lipinski definition) is 0. The third-order valence-corrected chi connectivity index (χ3v) is 6.22. The topological polar surface area (TPSA) is 87.7 Å². The molecule has 5 rings (SSSR count). The summed E-state index contributed by atoms with van der Waals surface area (Å²) in [5.74, 6) is -0.0765. The number of carbonyl (C=O) groups is 1. The van der Waals surface area contributed by atoms with Crippen LogP contribution in [0, 0.1) is 18.3 Å². The van der Waals surface area contributed by atoms with Crippen LogP contribution in [0.5, 0.6) is 0 Å². The van der Waals surface area contributed by atoms with Gasteiger partial charge in [0.25, 0.3) is 5.91 Å². The van der Waals surface area contributed by atoms with Gasteiger partial charge in [-0.1, -0.05) is 30.7 Å². The van der Waals surface area contributed by atoms with Crippen molar-refractivity contribution in [2.75, 3.05) is 7.05 Å². The van der Waals surface area contributed by atoms with Gasteiger partial charge in [0.05, 0.1) is 41.1 Å². The molecule has 0 unspecified atom stereocenters. The van der Waals surface area contributed by atoms with E-state index in [-0.39, 0.29) is 18.4 Å². The van der Waals surface area contributed by atoms with Gasteiger partial charge in [-0.25, -0.2) is 4.98 Å². The predicted octanol–water partition coefficient (Wildman–Crippen LogP) is 3.39. The number of benzene rings is 1. The van der Waals surface area contributed by atoms with Gasteiger partial charge in [0, 0.05) is 32.0 Å². The van der Waals surface area contributed by atoms with E-state index in [0.29, 0.717) is 34.6 Å². The Morgan fingerprint density at radius 3 is 2.81 bits per heavy atom. The number of rotatable bonds is 0. The minimum Gasteiger partial charge on any atom is -0.336 e. The summed E-state index contributed by atoms with van der Waals surface area (Å²) in [4.78, 5) is 24.8. The van der Waals surface area contributed by atoms with E-state index in [9.17, 15) is 10.1 Å². The molecule has 1 atom stereocenters. The lowest BCUT2D eigenvalue weighted by Gasteiger charge is -2.23. The Hall–Kier alpha value is -3.79. The maximum absolute atomic E-state index is 13.5. The summed E-state index contributed by atoms with van der Waals surface area (Å²) in [7, 11) is 3.50. The van der Waals surface area contributed by atoms with Gasteiger partial charge in [0.15, 0.2) is 0 Å². The Bertz CT molecular complexity index is 1330. The second-order valence-corrected chi connectivity index (χ2v) is 8.29. The van der Waals surface area contributed by atoms with Crippen LogP contribution in [0.4, 0.5) is 0 Å². The van der Waals surface area contributed by atoms with E-state index in [0.717, 1.165) is 28.1 Å². The Balaban J connectivity index is 1.81. The quantitative estimate of drug-likeness (QED) is 0.567. The van der Waals surface area contributed by atoms with Crippen molar-refractivity contribution in [3.63, 3.8) is 0 Å². The van der Waals surface area contributed by atoms with Crippen molar-refractivity contribution < 1.29 is 4.79 Å². The molecule has 31 heavy (non-hydrogen) atoms. The van der Waals surface area contributed by atoms with Gasteiger partial charge >= 0.3 is 0 Å². The number of nitrogens with zero attached hydrogens (tertiary/aromatic N) is 6. The van der Waals surface area contributed by atoms with Gasteiger partial charge in [-0.15, -0.1) is 0 Å². The van der Waals surface area contributed by atoms with Gasteiger partial charge in [0.1, 0.15) is 11.8 Å². The number of fused-ring (bicyclic) bond motifs is 4. The predicted molar refractivity (Wildman–Crippen MR) is 116 cm³/mol. The summed E-state index contributed by atoms with van der Waals surface area (Å²) in [6.45, 7) is 4.42. The van der Waals surface area contributed by atoms with E-state index < -0.39 is 0 Å². The van der Waals surface area contributed by atoms with E-state index in [1.165, 1.54) is 0 Å². The molecule has 154 valence electrons. The normalized spacial score (nSPS) is 17.3. The second-order valence-electron chi connectivity index (χ2n) is 8.29. The highest BCUT2D eigenvalue weighted by Gasteiger charge is 2.30. The Morgan fingerprint density at radius 1 is 1.23 bits per heavy atom. The van der Waals surface area contributed by atoms with Crippen LogP contribution >= 0.6 is 0 Å². The van der Waals surface area contributed by atoms with Crippen molar-refractivity contribution in [2.45, 2.75) is 32.7 Å². The molecule has 0 N–H and O–H groups in total. The molecule has 1 aromatic carbocycles. The van der Waals surface area contributed by atoms with Crippen LogP contribution < -0.4 is 0 Å². The summed E-state index contributed by atoms with van der Waals surface area (Å²) in [5.41, 5.74) is 7.91. The first-order valence-corrected chi connectivity index (χ1v) is 10.3. The number of aryl methyl sites for hydroxylation is 2. The molecule has 0 spiro atoms. The first-order chi connectivity index (χ1) is 14.9. The van der Waals surface area contributed by atoms with Crippen molar-refractivity contribution in [3.8, 4) is 17.3 Å². The summed E-state index contributed by atoms with van der Waals surface area (Å²) >= 11 is 0. The largest absolute Gasteiger partial charge is 0.336 e. The molecule has 1 aliphatic heterocycles. The number of amides is 1. The molecule has 0 saturated carbocycles. The molecule has 0 fully saturated rings. The second kappa shape index (κ2) is 6.88. The Labute approximate surface area is 180 Å². The van der Waals surface area contributed by atoms with Gasteiger partial charge in [-0.05, 0) is 24.1 Å². The maximum Gasteiger partial charge on any atom is 0.254 e. The third-order valence-electron chi connectivity index (χ3n) is 6.22. The number of nitriles is 1. The lowest BCUT2D eigenvalue weighted by molar-refractivity contribution is 0.0782. The SMILES string of the molecule is Cc1ccc2c(c1)[C@@H](C)C1=CCc3ncc(nc31)-c1c(nn(C)c1C#N)CN(C)C2=O. The smallest absolute Gasteiger partial charge is 0.254 e. The number of hydrogen-bond acceptors (Lipinski definition) is 5. The molecule has 2 bridgehead atoms. The minimum atomic E-state index is -0.0638. The molecule has 1 aliphatic carbocycles. The van der Waals surface area contributed by atoms with Crippen LogP contribution in [-0.2, 0) is 20.0 Å². The zero-order valence-electron chi connectivity index (χ0n) is 18.0. The van der Waals surface area contributed by atoms with Gasteiger partial charge in [-0.2, -0.15) is 10.4 Å². The first-order valence-electron chi connectivity index (χ1n) is 10.3. The highest BCUT2D eigenvalue weighted by Crippen LogP contribution is 2.40. The first kappa shape index (κ1) is 19.2. The summed E-state index contributed by atoms with van der Waals surface area (Å²) in [6.07, 6.45) is 4.58. The van der Waals surface area contributed by atoms with E-state index in [4.69, 9.17) is 4.98 Å². The number of allylic oxidation sites excluding steroid dienone is 2. The molecule has 3 heterocycles. The average Bonchev–Trinajstić information content (AvgIpc) is 3.31. The van der Waals surface area contributed by atoms with E-state index >= 15 is 0 Å². The molecule has 7 nitrogen and oxygen atoms in total. The van der Waals surface area contributed by atoms with Crippen molar-refractivity contribution in [3.05, 3.63) is 69.9 Å². The average molecular weight is 410 g/mol. The molecular formula is C24H22N6O. The molecule has 2 aliphatic rings. The fourth-order valence-corrected chi connectivity index (χ4v) is 4.59. The van der Waals surface area contributed by atoms with E-state index in [1.54, 1.807) is 29.9 Å². The molecule has 2 aromatic heterocycles. The summed E-state index contributed by atoms with van der Waals surface area (Å²) < 4.78 is 1.55. The zero-order chi connectivity index (χ0) is 21.9. The minimum absolute atomic E-state index is 0.0127. The molecule has 0 radical (unpaired) electrons. The highest BCUT2D eigenvalue weighted by molar-refractivity contribution is 5.97. The molecule has 0 saturated heterocycles. The van der Waals surface area contributed by atoms with Crippen LogP contribution in [-0.4, -0.2) is 37.6 Å². The summed E-state index contributed by atoms with van der Waals surface area (Å²) in [6, 6.07) is 8.21. The summed E-state index contributed by atoms with van der Waals surface area (Å²) in [5, 5.41) is 14.3. The van der Waals surface area contributed by atoms with Crippen LogP contribution in [0.25, 0.3) is 16.8 Å². The number of aromatic nitrogens is 4. The van der Waals surface area contributed by atoms with E-state index in [2.05, 4.69) is 35.2 Å². The lowest BCUT2D eigenvalue weighted by Crippen LogP contribution is -2.28. The lowest BCUT2D eigenvalue weighted by atomic mass is 9.87. The van der Waals surface area contributed by atoms with Crippen LogP contribution in [0.2, 0.25) is 0 Å². The molecular weight excluding hydrogens is 388 g/mol. The van der Waals surface area contributed by atoms with Gasteiger partial charge in [-0.3, -0.25) is 14.5 Å². The highest BCUT2D eigenvalue weighted by atomic mass is 16.2. The van der Waals surface area contributed by atoms with Crippen molar-refractivity contribution in [2.24, 2.45) is 7.05 Å². The van der Waals surface area contributed by atoms with Crippen LogP contribution in [0.1, 0.15) is 57.1 Å². The molecule has 7 heteroatoms. The zero-order valence-corrected chi connectivity index (χ0v) is 18.0. The van der Waals surface area contributed by atoms with Crippen molar-refractivity contribution >= 4 is 11.5 Å². The van der Waals surface area contributed by atoms with Gasteiger partial charge in [0.2, 0.25) is 0 Å². The van der Waals surface area contributed by atoms with Gasteiger partial charge < -0.3 is 4.90 Å². The molecule has 3 aromatic rings. The van der Waals surface area contributed by atoms with E-state index in [1.807, 2.05) is 19.1 Å². The monoisotopic (exact) mass is 410 g/mol. The fourth-order valence-electron chi connectivity index (χ4n) is 4.59. The molecule has 1 amide bonds. The van der Waals surface area contributed by atoms with Crippen LogP contribution in [0.3, 0.4) is 0 Å².